The van der Waals surface area contributed by atoms with E-state index in [-0.39, 0.29) is 10.9 Å². The number of carbonyl (C=O) groups excluding carboxylic acids is 1. The molecule has 1 fully saturated rings. The summed E-state index contributed by atoms with van der Waals surface area (Å²) < 4.78 is 0. The molecule has 1 aliphatic heterocycles. The fourth-order valence-electron chi connectivity index (χ4n) is 3.43. The first-order valence-corrected chi connectivity index (χ1v) is 9.98. The first-order chi connectivity index (χ1) is 11.9. The summed E-state index contributed by atoms with van der Waals surface area (Å²) in [5, 5.41) is 6.01. The average Bonchev–Trinajstić information content (AvgIpc) is 2.95. The zero-order chi connectivity index (χ0) is 18.0. The lowest BCUT2D eigenvalue weighted by atomic mass is 9.92. The van der Waals surface area contributed by atoms with Crippen molar-refractivity contribution < 1.29 is 4.79 Å². The molecule has 1 aromatic carbocycles. The summed E-state index contributed by atoms with van der Waals surface area (Å²) in [5.41, 5.74) is 1.34. The van der Waals surface area contributed by atoms with Gasteiger partial charge in [0.1, 0.15) is 0 Å². The van der Waals surface area contributed by atoms with E-state index in [1.165, 1.54) is 17.8 Å². The second-order valence-corrected chi connectivity index (χ2v) is 8.48. The van der Waals surface area contributed by atoms with Crippen LogP contribution in [0.3, 0.4) is 0 Å². The fourth-order valence-corrected chi connectivity index (χ4v) is 4.51. The van der Waals surface area contributed by atoms with Gasteiger partial charge in [0, 0.05) is 25.0 Å². The van der Waals surface area contributed by atoms with Gasteiger partial charge in [-0.3, -0.25) is 15.0 Å². The lowest BCUT2D eigenvalue weighted by Gasteiger charge is -2.34. The Morgan fingerprint density at radius 2 is 2.04 bits per heavy atom. The van der Waals surface area contributed by atoms with Crippen LogP contribution in [-0.2, 0) is 6.54 Å². The van der Waals surface area contributed by atoms with E-state index in [0.717, 1.165) is 25.3 Å². The van der Waals surface area contributed by atoms with Crippen LogP contribution < -0.4 is 5.32 Å². The van der Waals surface area contributed by atoms with E-state index in [0.29, 0.717) is 27.6 Å². The molecular formula is C18H21Cl2N3OS. The molecule has 1 amide bonds. The van der Waals surface area contributed by atoms with Gasteiger partial charge in [0.2, 0.25) is 0 Å². The highest BCUT2D eigenvalue weighted by atomic mass is 35.5. The van der Waals surface area contributed by atoms with Gasteiger partial charge < -0.3 is 0 Å². The highest BCUT2D eigenvalue weighted by Crippen LogP contribution is 2.27. The molecule has 2 unspecified atom stereocenters. The zero-order valence-corrected chi connectivity index (χ0v) is 16.6. The van der Waals surface area contributed by atoms with Gasteiger partial charge in [-0.05, 0) is 30.4 Å². The van der Waals surface area contributed by atoms with Gasteiger partial charge in [0.15, 0.2) is 5.13 Å². The van der Waals surface area contributed by atoms with E-state index in [1.807, 2.05) is 5.38 Å². The summed E-state index contributed by atoms with van der Waals surface area (Å²) in [5.74, 6) is 1.13. The van der Waals surface area contributed by atoms with Crippen LogP contribution in [0.1, 0.15) is 36.3 Å². The van der Waals surface area contributed by atoms with Gasteiger partial charge >= 0.3 is 0 Å². The number of rotatable bonds is 4. The number of likely N-dealkylation sites (tertiary alicyclic amines) is 1. The van der Waals surface area contributed by atoms with Gasteiger partial charge in [-0.1, -0.05) is 43.1 Å². The molecule has 1 aromatic heterocycles. The molecule has 7 heteroatoms. The molecule has 0 bridgehead atoms. The quantitative estimate of drug-likeness (QED) is 0.772. The van der Waals surface area contributed by atoms with Crippen LogP contribution in [0.4, 0.5) is 5.13 Å². The van der Waals surface area contributed by atoms with Crippen LogP contribution in [0.5, 0.6) is 0 Å². The second kappa shape index (κ2) is 8.04. The molecule has 2 aromatic rings. The van der Waals surface area contributed by atoms with Crippen molar-refractivity contribution in [1.82, 2.24) is 9.88 Å². The third-order valence-corrected chi connectivity index (χ3v) is 5.92. The van der Waals surface area contributed by atoms with Crippen LogP contribution in [0.2, 0.25) is 10.0 Å². The number of nitrogens with one attached hydrogen (secondary N) is 1. The number of hydrogen-bond acceptors (Lipinski definition) is 4. The maximum Gasteiger partial charge on any atom is 0.259 e. The molecule has 134 valence electrons. The minimum Gasteiger partial charge on any atom is -0.298 e. The SMILES string of the molecule is CC1CC(C)CN(Cc2csc(NC(=O)c3cccc(Cl)c3Cl)n2)C1. The van der Waals surface area contributed by atoms with E-state index in [1.54, 1.807) is 18.2 Å². The Hall–Kier alpha value is -1.14. The van der Waals surface area contributed by atoms with Crippen molar-refractivity contribution in [2.45, 2.75) is 26.8 Å². The number of thiazole rings is 1. The molecule has 0 radical (unpaired) electrons. The summed E-state index contributed by atoms with van der Waals surface area (Å²) in [6, 6.07) is 5.01. The normalized spacial score (nSPS) is 21.3. The molecule has 3 rings (SSSR count). The minimum absolute atomic E-state index is 0.259. The summed E-state index contributed by atoms with van der Waals surface area (Å²) in [7, 11) is 0. The van der Waals surface area contributed by atoms with Gasteiger partial charge in [-0.25, -0.2) is 4.98 Å². The summed E-state index contributed by atoms with van der Waals surface area (Å²) in [6.07, 6.45) is 1.29. The van der Waals surface area contributed by atoms with Crippen LogP contribution >= 0.6 is 34.5 Å². The Bertz CT molecular complexity index is 755. The number of benzene rings is 1. The van der Waals surface area contributed by atoms with Gasteiger partial charge in [-0.15, -0.1) is 11.3 Å². The summed E-state index contributed by atoms with van der Waals surface area (Å²) >= 11 is 13.5. The molecule has 2 heterocycles. The first-order valence-electron chi connectivity index (χ1n) is 8.34. The topological polar surface area (TPSA) is 45.2 Å². The predicted octanol–water partition coefficient (Wildman–Crippen LogP) is 5.18. The molecule has 2 atom stereocenters. The largest absolute Gasteiger partial charge is 0.298 e. The number of hydrogen-bond donors (Lipinski definition) is 1. The molecule has 1 aliphatic rings. The smallest absolute Gasteiger partial charge is 0.259 e. The minimum atomic E-state index is -0.298. The van der Waals surface area contributed by atoms with Crippen molar-refractivity contribution in [3.8, 4) is 0 Å². The van der Waals surface area contributed by atoms with Crippen molar-refractivity contribution in [3.63, 3.8) is 0 Å². The maximum atomic E-state index is 12.4. The Balaban J connectivity index is 1.63. The van der Waals surface area contributed by atoms with Crippen molar-refractivity contribution >= 4 is 45.6 Å². The molecular weight excluding hydrogens is 377 g/mol. The van der Waals surface area contributed by atoms with Gasteiger partial charge in [-0.2, -0.15) is 0 Å². The van der Waals surface area contributed by atoms with Crippen LogP contribution in [0, 0.1) is 11.8 Å². The Morgan fingerprint density at radius 1 is 1.32 bits per heavy atom. The lowest BCUT2D eigenvalue weighted by molar-refractivity contribution is 0.102. The van der Waals surface area contributed by atoms with Crippen LogP contribution in [0.25, 0.3) is 0 Å². The van der Waals surface area contributed by atoms with Crippen LogP contribution in [0.15, 0.2) is 23.6 Å². The molecule has 0 spiro atoms. The highest BCUT2D eigenvalue weighted by Gasteiger charge is 2.22. The maximum absolute atomic E-state index is 12.4. The first kappa shape index (κ1) is 18.6. The molecule has 1 saturated heterocycles. The van der Waals surface area contributed by atoms with Crippen molar-refractivity contribution in [1.29, 1.82) is 0 Å². The number of nitrogens with zero attached hydrogens (tertiary/aromatic N) is 2. The zero-order valence-electron chi connectivity index (χ0n) is 14.3. The number of amides is 1. The number of piperidine rings is 1. The van der Waals surface area contributed by atoms with E-state index in [9.17, 15) is 4.79 Å². The standard InChI is InChI=1S/C18H21Cl2N3OS/c1-11-6-12(2)8-23(7-11)9-13-10-25-18(21-13)22-17(24)14-4-3-5-15(19)16(14)20/h3-5,10-12H,6-9H2,1-2H3,(H,21,22,24). The molecule has 25 heavy (non-hydrogen) atoms. The number of halogens is 2. The third kappa shape index (κ3) is 4.73. The van der Waals surface area contributed by atoms with Crippen LogP contribution in [-0.4, -0.2) is 28.9 Å². The van der Waals surface area contributed by atoms with E-state index in [4.69, 9.17) is 23.2 Å². The Kier molecular flexibility index (Phi) is 6.00. The van der Waals surface area contributed by atoms with Gasteiger partial charge in [0.25, 0.3) is 5.91 Å². The molecule has 0 saturated carbocycles. The van der Waals surface area contributed by atoms with E-state index >= 15 is 0 Å². The van der Waals surface area contributed by atoms with Gasteiger partial charge in [0.05, 0.1) is 21.3 Å². The van der Waals surface area contributed by atoms with Crippen molar-refractivity contribution in [3.05, 3.63) is 44.9 Å². The molecule has 1 N–H and O–H groups in total. The lowest BCUT2D eigenvalue weighted by Crippen LogP contribution is -2.38. The predicted molar refractivity (Wildman–Crippen MR) is 105 cm³/mol. The number of aromatic nitrogens is 1. The number of anilines is 1. The molecule has 4 nitrogen and oxygen atoms in total. The summed E-state index contributed by atoms with van der Waals surface area (Å²) in [6.45, 7) is 7.61. The third-order valence-electron chi connectivity index (χ3n) is 4.30. The summed E-state index contributed by atoms with van der Waals surface area (Å²) in [4.78, 5) is 19.4. The van der Waals surface area contributed by atoms with Crippen molar-refractivity contribution in [2.24, 2.45) is 11.8 Å². The highest BCUT2D eigenvalue weighted by molar-refractivity contribution is 7.14. The number of carbonyl (C=O) groups is 1. The second-order valence-electron chi connectivity index (χ2n) is 6.84. The average molecular weight is 398 g/mol. The Morgan fingerprint density at radius 3 is 2.76 bits per heavy atom. The van der Waals surface area contributed by atoms with Crippen molar-refractivity contribution in [2.75, 3.05) is 18.4 Å². The Labute approximate surface area is 162 Å². The monoisotopic (exact) mass is 397 g/mol. The van der Waals surface area contributed by atoms with E-state index in [2.05, 4.69) is 29.0 Å². The van der Waals surface area contributed by atoms with E-state index < -0.39 is 0 Å². The molecule has 0 aliphatic carbocycles. The fraction of sp³-hybridized carbons (Fsp3) is 0.444.